The largest absolute Gasteiger partial charge is 0.457 e. The zero-order valence-electron chi connectivity index (χ0n) is 12.5. The fraction of sp³-hybridized carbons (Fsp3) is 0.294. The molecule has 3 heterocycles. The summed E-state index contributed by atoms with van der Waals surface area (Å²) in [6.45, 7) is 1.57. The van der Waals surface area contributed by atoms with Crippen LogP contribution in [-0.2, 0) is 16.1 Å². The van der Waals surface area contributed by atoms with E-state index in [1.54, 1.807) is 11.3 Å². The number of benzene rings is 1. The van der Waals surface area contributed by atoms with Gasteiger partial charge in [0.1, 0.15) is 5.76 Å². The average molecular weight is 328 g/mol. The fourth-order valence-corrected chi connectivity index (χ4v) is 3.55. The van der Waals surface area contributed by atoms with Crippen LogP contribution in [0.5, 0.6) is 0 Å². The molecule has 1 aliphatic heterocycles. The number of nitrogens with zero attached hydrogens (tertiary/aromatic N) is 1. The maximum atomic E-state index is 12.0. The molecule has 0 radical (unpaired) electrons. The average Bonchev–Trinajstić information content (AvgIpc) is 3.31. The van der Waals surface area contributed by atoms with Crippen LogP contribution in [0.3, 0.4) is 0 Å². The van der Waals surface area contributed by atoms with Crippen LogP contribution in [0.1, 0.15) is 12.2 Å². The molecule has 1 aromatic carbocycles. The molecule has 6 heteroatoms. The van der Waals surface area contributed by atoms with Gasteiger partial charge in [-0.15, -0.1) is 11.3 Å². The summed E-state index contributed by atoms with van der Waals surface area (Å²) in [6, 6.07) is 11.8. The Labute approximate surface area is 137 Å². The molecule has 0 bridgehead atoms. The highest BCUT2D eigenvalue weighted by molar-refractivity contribution is 7.21. The molecule has 3 aromatic rings. The van der Waals surface area contributed by atoms with Crippen molar-refractivity contribution in [2.45, 2.75) is 13.0 Å². The Hall–Kier alpha value is -2.18. The number of furan rings is 1. The molecule has 118 valence electrons. The Morgan fingerprint density at radius 1 is 1.30 bits per heavy atom. The number of carbonyl (C=O) groups excluding carboxylic acids is 1. The summed E-state index contributed by atoms with van der Waals surface area (Å²) in [5.41, 5.74) is 0.972. The molecule has 1 saturated heterocycles. The smallest absolute Gasteiger partial charge is 0.225 e. The Morgan fingerprint density at radius 3 is 3.04 bits per heavy atom. The van der Waals surface area contributed by atoms with Crippen molar-refractivity contribution < 1.29 is 13.9 Å². The van der Waals surface area contributed by atoms with Crippen LogP contribution < -0.4 is 5.32 Å². The van der Waals surface area contributed by atoms with Gasteiger partial charge < -0.3 is 14.5 Å². The fourth-order valence-electron chi connectivity index (χ4n) is 2.63. The van der Waals surface area contributed by atoms with E-state index in [-0.39, 0.29) is 11.8 Å². The highest BCUT2D eigenvalue weighted by Gasteiger charge is 2.23. The van der Waals surface area contributed by atoms with Crippen LogP contribution in [0.4, 0.5) is 0 Å². The second-order valence-electron chi connectivity index (χ2n) is 5.53. The summed E-state index contributed by atoms with van der Waals surface area (Å²) in [4.78, 5) is 16.5. The number of para-hydroxylation sites is 1. The van der Waals surface area contributed by atoms with Crippen LogP contribution in [-0.4, -0.2) is 24.1 Å². The van der Waals surface area contributed by atoms with Gasteiger partial charge in [-0.05, 0) is 30.7 Å². The lowest BCUT2D eigenvalue weighted by Crippen LogP contribution is -2.30. The van der Waals surface area contributed by atoms with Crippen molar-refractivity contribution in [1.82, 2.24) is 10.3 Å². The molecule has 2 aromatic heterocycles. The van der Waals surface area contributed by atoms with Crippen molar-refractivity contribution >= 4 is 27.5 Å². The van der Waals surface area contributed by atoms with E-state index in [1.807, 2.05) is 36.4 Å². The molecular formula is C17H16N2O3S. The Balaban J connectivity index is 1.45. The molecule has 0 saturated carbocycles. The summed E-state index contributed by atoms with van der Waals surface area (Å²) in [7, 11) is 0. The van der Waals surface area contributed by atoms with Crippen molar-refractivity contribution in [2.75, 3.05) is 13.2 Å². The third-order valence-corrected chi connectivity index (χ3v) is 4.95. The van der Waals surface area contributed by atoms with E-state index in [0.29, 0.717) is 19.8 Å². The zero-order chi connectivity index (χ0) is 15.6. The van der Waals surface area contributed by atoms with Crippen molar-refractivity contribution in [3.8, 4) is 10.8 Å². The summed E-state index contributed by atoms with van der Waals surface area (Å²) in [5.74, 6) is 1.46. The van der Waals surface area contributed by atoms with Gasteiger partial charge in [-0.25, -0.2) is 4.98 Å². The van der Waals surface area contributed by atoms with Crippen LogP contribution in [0.2, 0.25) is 0 Å². The topological polar surface area (TPSA) is 64.4 Å². The van der Waals surface area contributed by atoms with Gasteiger partial charge in [0.05, 0.1) is 29.3 Å². The molecule has 5 nitrogen and oxygen atoms in total. The second-order valence-corrected chi connectivity index (χ2v) is 6.56. The molecule has 1 fully saturated rings. The van der Waals surface area contributed by atoms with Crippen LogP contribution >= 0.6 is 11.3 Å². The SMILES string of the molecule is O=C(NCc1ccc(-c2nc3ccccc3s2)o1)[C@H]1CCOC1. The Morgan fingerprint density at radius 2 is 2.22 bits per heavy atom. The Kier molecular flexibility index (Phi) is 3.85. The molecular weight excluding hydrogens is 312 g/mol. The van der Waals surface area contributed by atoms with E-state index in [0.717, 1.165) is 33.2 Å². The number of nitrogens with one attached hydrogen (secondary N) is 1. The van der Waals surface area contributed by atoms with Crippen molar-refractivity contribution in [2.24, 2.45) is 5.92 Å². The minimum Gasteiger partial charge on any atom is -0.457 e. The van der Waals surface area contributed by atoms with Gasteiger partial charge in [0.25, 0.3) is 0 Å². The Bertz CT molecular complexity index is 800. The number of ether oxygens (including phenoxy) is 1. The van der Waals surface area contributed by atoms with Gasteiger partial charge in [-0.3, -0.25) is 4.79 Å². The summed E-state index contributed by atoms with van der Waals surface area (Å²) < 4.78 is 12.2. The van der Waals surface area contributed by atoms with Gasteiger partial charge in [-0.1, -0.05) is 12.1 Å². The summed E-state index contributed by atoms with van der Waals surface area (Å²) in [5, 5.41) is 3.76. The van der Waals surface area contributed by atoms with E-state index in [4.69, 9.17) is 9.15 Å². The predicted molar refractivity (Wildman–Crippen MR) is 88.1 cm³/mol. The van der Waals surface area contributed by atoms with Crippen LogP contribution in [0.15, 0.2) is 40.8 Å². The lowest BCUT2D eigenvalue weighted by atomic mass is 10.1. The first-order valence-corrected chi connectivity index (χ1v) is 8.41. The second kappa shape index (κ2) is 6.14. The van der Waals surface area contributed by atoms with E-state index in [1.165, 1.54) is 0 Å². The third-order valence-electron chi connectivity index (χ3n) is 3.90. The van der Waals surface area contributed by atoms with Gasteiger partial charge >= 0.3 is 0 Å². The number of carbonyl (C=O) groups is 1. The standard InChI is InChI=1S/C17H16N2O3S/c20-16(11-7-8-21-10-11)18-9-12-5-6-14(22-12)17-19-13-3-1-2-4-15(13)23-17/h1-6,11H,7-10H2,(H,18,20)/t11-/m0/s1. The monoisotopic (exact) mass is 328 g/mol. The molecule has 4 rings (SSSR count). The highest BCUT2D eigenvalue weighted by atomic mass is 32.1. The van der Waals surface area contributed by atoms with E-state index < -0.39 is 0 Å². The van der Waals surface area contributed by atoms with Gasteiger partial charge in [0, 0.05) is 6.61 Å². The quantitative estimate of drug-likeness (QED) is 0.799. The zero-order valence-corrected chi connectivity index (χ0v) is 13.3. The lowest BCUT2D eigenvalue weighted by molar-refractivity contribution is -0.125. The first kappa shape index (κ1) is 14.4. The number of thiazole rings is 1. The number of rotatable bonds is 4. The maximum absolute atomic E-state index is 12.0. The summed E-state index contributed by atoms with van der Waals surface area (Å²) >= 11 is 1.60. The minimum absolute atomic E-state index is 0.0282. The molecule has 1 amide bonds. The lowest BCUT2D eigenvalue weighted by Gasteiger charge is -2.07. The van der Waals surface area contributed by atoms with E-state index in [2.05, 4.69) is 10.3 Å². The molecule has 1 aliphatic rings. The molecule has 1 atom stereocenters. The predicted octanol–water partition coefficient (Wildman–Crippen LogP) is 3.21. The summed E-state index contributed by atoms with van der Waals surface area (Å²) in [6.07, 6.45) is 0.793. The van der Waals surface area contributed by atoms with E-state index >= 15 is 0 Å². The first-order chi connectivity index (χ1) is 11.3. The van der Waals surface area contributed by atoms with Crippen LogP contribution in [0.25, 0.3) is 21.0 Å². The molecule has 1 N–H and O–H groups in total. The normalized spacial score (nSPS) is 17.7. The van der Waals surface area contributed by atoms with Crippen molar-refractivity contribution in [1.29, 1.82) is 0 Å². The maximum Gasteiger partial charge on any atom is 0.225 e. The minimum atomic E-state index is -0.0336. The number of fused-ring (bicyclic) bond motifs is 1. The molecule has 0 spiro atoms. The van der Waals surface area contributed by atoms with Crippen molar-refractivity contribution in [3.05, 3.63) is 42.2 Å². The van der Waals surface area contributed by atoms with Gasteiger partial charge in [0.2, 0.25) is 5.91 Å². The van der Waals surface area contributed by atoms with Gasteiger partial charge in [0.15, 0.2) is 10.8 Å². The van der Waals surface area contributed by atoms with Crippen molar-refractivity contribution in [3.63, 3.8) is 0 Å². The third kappa shape index (κ3) is 3.00. The number of amides is 1. The first-order valence-electron chi connectivity index (χ1n) is 7.60. The molecule has 0 aliphatic carbocycles. The van der Waals surface area contributed by atoms with Gasteiger partial charge in [-0.2, -0.15) is 0 Å². The van der Waals surface area contributed by atoms with Crippen LogP contribution in [0, 0.1) is 5.92 Å². The number of aromatic nitrogens is 1. The molecule has 0 unspecified atom stereocenters. The molecule has 23 heavy (non-hydrogen) atoms. The number of hydrogen-bond acceptors (Lipinski definition) is 5. The number of hydrogen-bond donors (Lipinski definition) is 1. The highest BCUT2D eigenvalue weighted by Crippen LogP contribution is 2.31. The van der Waals surface area contributed by atoms with E-state index in [9.17, 15) is 4.79 Å².